The van der Waals surface area contributed by atoms with Gasteiger partial charge in [0.05, 0.1) is 28.8 Å². The summed E-state index contributed by atoms with van der Waals surface area (Å²) < 4.78 is 2.05. The van der Waals surface area contributed by atoms with Gasteiger partial charge in [0.25, 0.3) is 0 Å². The summed E-state index contributed by atoms with van der Waals surface area (Å²) in [6.45, 7) is 2.10. The molecular formula is C22H19N3. The van der Waals surface area contributed by atoms with E-state index in [1.54, 1.807) is 0 Å². The Labute approximate surface area is 147 Å². The van der Waals surface area contributed by atoms with Crippen molar-refractivity contribution >= 4 is 22.4 Å². The molecule has 0 radical (unpaired) electrons. The number of imidazole rings is 1. The second-order valence-electron chi connectivity index (χ2n) is 6.18. The Morgan fingerprint density at radius 1 is 0.880 bits per heavy atom. The molecule has 0 atom stereocenters. The maximum absolute atomic E-state index is 4.99. The van der Waals surface area contributed by atoms with Gasteiger partial charge in [-0.15, -0.1) is 0 Å². The van der Waals surface area contributed by atoms with Crippen LogP contribution in [0.3, 0.4) is 0 Å². The molecule has 3 heteroatoms. The smallest absolute Gasteiger partial charge is 0.0955 e. The third-order valence-electron chi connectivity index (χ3n) is 4.32. The van der Waals surface area contributed by atoms with Crippen molar-refractivity contribution in [2.45, 2.75) is 6.92 Å². The van der Waals surface area contributed by atoms with Gasteiger partial charge in [-0.05, 0) is 24.6 Å². The van der Waals surface area contributed by atoms with Gasteiger partial charge in [-0.25, -0.2) is 9.98 Å². The first-order valence-corrected chi connectivity index (χ1v) is 8.33. The number of hydrogen-bond donors (Lipinski definition) is 0. The van der Waals surface area contributed by atoms with Crippen molar-refractivity contribution in [3.63, 3.8) is 0 Å². The number of aryl methyl sites for hydroxylation is 2. The molecule has 1 heterocycles. The van der Waals surface area contributed by atoms with Crippen molar-refractivity contribution in [2.75, 3.05) is 0 Å². The van der Waals surface area contributed by atoms with E-state index in [0.717, 1.165) is 33.6 Å². The van der Waals surface area contributed by atoms with E-state index in [4.69, 9.17) is 4.99 Å². The van der Waals surface area contributed by atoms with Crippen LogP contribution < -0.4 is 0 Å². The molecule has 3 aromatic carbocycles. The molecule has 0 aliphatic heterocycles. The Balaban J connectivity index is 1.90. The van der Waals surface area contributed by atoms with Crippen LogP contribution in [0, 0.1) is 6.92 Å². The molecule has 0 saturated heterocycles. The van der Waals surface area contributed by atoms with Crippen LogP contribution in [0.15, 0.2) is 84.1 Å². The summed E-state index contributed by atoms with van der Waals surface area (Å²) in [6.07, 6.45) is 1.85. The maximum atomic E-state index is 4.99. The van der Waals surface area contributed by atoms with Crippen LogP contribution in [0.2, 0.25) is 0 Å². The highest BCUT2D eigenvalue weighted by atomic mass is 15.0. The minimum absolute atomic E-state index is 0.923. The standard InChI is InChI=1S/C22H19N3/c1-16-13-19(14-20-22(16)25(2)15-23-20)24-21(17-9-5-3-6-10-17)18-11-7-4-8-12-18/h3-15H,1-2H3. The Kier molecular flexibility index (Phi) is 3.90. The molecule has 122 valence electrons. The predicted molar refractivity (Wildman–Crippen MR) is 104 cm³/mol. The Morgan fingerprint density at radius 2 is 1.48 bits per heavy atom. The van der Waals surface area contributed by atoms with Crippen molar-refractivity contribution < 1.29 is 0 Å². The maximum Gasteiger partial charge on any atom is 0.0955 e. The predicted octanol–water partition coefficient (Wildman–Crippen LogP) is 5.05. The van der Waals surface area contributed by atoms with Crippen LogP contribution in [0.1, 0.15) is 16.7 Å². The average molecular weight is 325 g/mol. The lowest BCUT2D eigenvalue weighted by molar-refractivity contribution is 0.944. The number of benzene rings is 3. The zero-order valence-electron chi connectivity index (χ0n) is 14.3. The van der Waals surface area contributed by atoms with Gasteiger partial charge in [0.2, 0.25) is 0 Å². The van der Waals surface area contributed by atoms with Crippen LogP contribution in [-0.2, 0) is 7.05 Å². The Bertz CT molecular complexity index is 1000. The van der Waals surface area contributed by atoms with Crippen LogP contribution in [-0.4, -0.2) is 15.3 Å². The number of rotatable bonds is 3. The quantitative estimate of drug-likeness (QED) is 0.485. The molecule has 4 aromatic rings. The third-order valence-corrected chi connectivity index (χ3v) is 4.32. The molecule has 0 aliphatic carbocycles. The lowest BCUT2D eigenvalue weighted by atomic mass is 10.0. The van der Waals surface area contributed by atoms with E-state index in [1.165, 1.54) is 5.56 Å². The molecule has 0 aliphatic rings. The molecule has 0 unspecified atom stereocenters. The minimum atomic E-state index is 0.923. The highest BCUT2D eigenvalue weighted by Crippen LogP contribution is 2.26. The summed E-state index contributed by atoms with van der Waals surface area (Å²) in [5, 5.41) is 0. The minimum Gasteiger partial charge on any atom is -0.334 e. The van der Waals surface area contributed by atoms with Crippen molar-refractivity contribution in [3.05, 3.63) is 95.8 Å². The van der Waals surface area contributed by atoms with Gasteiger partial charge in [0.15, 0.2) is 0 Å². The van der Waals surface area contributed by atoms with Crippen LogP contribution in [0.5, 0.6) is 0 Å². The number of hydrogen-bond acceptors (Lipinski definition) is 2. The molecule has 25 heavy (non-hydrogen) atoms. The lowest BCUT2D eigenvalue weighted by Gasteiger charge is -2.09. The molecule has 0 fully saturated rings. The number of nitrogens with zero attached hydrogens (tertiary/aromatic N) is 3. The Hall–Kier alpha value is -3.20. The summed E-state index contributed by atoms with van der Waals surface area (Å²) >= 11 is 0. The van der Waals surface area contributed by atoms with Crippen molar-refractivity contribution in [2.24, 2.45) is 12.0 Å². The molecule has 4 rings (SSSR count). The monoisotopic (exact) mass is 325 g/mol. The molecular weight excluding hydrogens is 306 g/mol. The first kappa shape index (κ1) is 15.3. The normalized spacial score (nSPS) is 10.8. The zero-order valence-corrected chi connectivity index (χ0v) is 14.3. The largest absolute Gasteiger partial charge is 0.334 e. The first-order chi connectivity index (χ1) is 12.2. The number of aromatic nitrogens is 2. The van der Waals surface area contributed by atoms with Gasteiger partial charge in [-0.3, -0.25) is 0 Å². The fraction of sp³-hybridized carbons (Fsp3) is 0.0909. The van der Waals surface area contributed by atoms with Crippen LogP contribution >= 0.6 is 0 Å². The third kappa shape index (κ3) is 2.96. The van der Waals surface area contributed by atoms with Crippen molar-refractivity contribution in [3.8, 4) is 0 Å². The van der Waals surface area contributed by atoms with E-state index in [-0.39, 0.29) is 0 Å². The molecule has 0 spiro atoms. The van der Waals surface area contributed by atoms with E-state index in [2.05, 4.69) is 42.2 Å². The summed E-state index contributed by atoms with van der Waals surface area (Å²) in [5.41, 5.74) is 7.40. The van der Waals surface area contributed by atoms with E-state index < -0.39 is 0 Å². The van der Waals surface area contributed by atoms with Crippen molar-refractivity contribution in [1.29, 1.82) is 0 Å². The molecule has 1 aromatic heterocycles. The van der Waals surface area contributed by atoms with E-state index >= 15 is 0 Å². The highest BCUT2D eigenvalue weighted by molar-refractivity contribution is 6.14. The Morgan fingerprint density at radius 3 is 2.08 bits per heavy atom. The average Bonchev–Trinajstić information content (AvgIpc) is 3.02. The van der Waals surface area contributed by atoms with Crippen LogP contribution in [0.25, 0.3) is 11.0 Å². The fourth-order valence-electron chi connectivity index (χ4n) is 3.19. The molecule has 0 saturated carbocycles. The second-order valence-corrected chi connectivity index (χ2v) is 6.18. The summed E-state index contributed by atoms with van der Waals surface area (Å²) in [6, 6.07) is 24.8. The van der Waals surface area contributed by atoms with Gasteiger partial charge in [-0.2, -0.15) is 0 Å². The summed E-state index contributed by atoms with van der Waals surface area (Å²) in [4.78, 5) is 9.47. The number of aliphatic imine (C=N–C) groups is 1. The van der Waals surface area contributed by atoms with E-state index in [9.17, 15) is 0 Å². The number of fused-ring (bicyclic) bond motifs is 1. The molecule has 0 bridgehead atoms. The van der Waals surface area contributed by atoms with Gasteiger partial charge < -0.3 is 4.57 Å². The lowest BCUT2D eigenvalue weighted by Crippen LogP contribution is -2.02. The molecule has 3 nitrogen and oxygen atoms in total. The summed E-state index contributed by atoms with van der Waals surface area (Å²) in [7, 11) is 2.02. The van der Waals surface area contributed by atoms with Crippen LogP contribution in [0.4, 0.5) is 5.69 Å². The zero-order chi connectivity index (χ0) is 17.2. The van der Waals surface area contributed by atoms with Gasteiger partial charge in [-0.1, -0.05) is 60.7 Å². The van der Waals surface area contributed by atoms with E-state index in [1.807, 2.05) is 60.4 Å². The van der Waals surface area contributed by atoms with Gasteiger partial charge in [0.1, 0.15) is 0 Å². The van der Waals surface area contributed by atoms with E-state index in [0.29, 0.717) is 0 Å². The van der Waals surface area contributed by atoms with Gasteiger partial charge in [0, 0.05) is 18.2 Å². The SMILES string of the molecule is Cc1cc(N=C(c2ccccc2)c2ccccc2)cc2ncn(C)c12. The molecule has 0 amide bonds. The van der Waals surface area contributed by atoms with Gasteiger partial charge >= 0.3 is 0 Å². The second kappa shape index (κ2) is 6.36. The first-order valence-electron chi connectivity index (χ1n) is 8.33. The summed E-state index contributed by atoms with van der Waals surface area (Å²) in [5.74, 6) is 0. The topological polar surface area (TPSA) is 30.2 Å². The van der Waals surface area contributed by atoms with Crippen molar-refractivity contribution in [1.82, 2.24) is 9.55 Å². The highest BCUT2D eigenvalue weighted by Gasteiger charge is 2.09. The molecule has 0 N–H and O–H groups in total. The fourth-order valence-corrected chi connectivity index (χ4v) is 3.19.